The molecule has 0 aliphatic carbocycles. The van der Waals surface area contributed by atoms with Crippen LogP contribution in [0.1, 0.15) is 39.5 Å². The second-order valence-corrected chi connectivity index (χ2v) is 7.24. The van der Waals surface area contributed by atoms with E-state index in [-0.39, 0.29) is 18.0 Å². The van der Waals surface area contributed by atoms with Crippen LogP contribution in [-0.4, -0.2) is 18.0 Å². The molecule has 2 aromatic rings. The number of urea groups is 1. The minimum absolute atomic E-state index is 0.0605. The number of benzene rings is 1. The number of hydrogen-bond donors (Lipinski definition) is 3. The van der Waals surface area contributed by atoms with Gasteiger partial charge >= 0.3 is 6.03 Å². The molecule has 2 rings (SSSR count). The zero-order valence-electron chi connectivity index (χ0n) is 14.4. The van der Waals surface area contributed by atoms with E-state index < -0.39 is 0 Å². The smallest absolute Gasteiger partial charge is 0.319 e. The molecule has 6 heteroatoms. The van der Waals surface area contributed by atoms with Crippen molar-refractivity contribution in [2.24, 2.45) is 0 Å². The molecule has 1 heterocycles. The van der Waals surface area contributed by atoms with E-state index in [9.17, 15) is 9.59 Å². The van der Waals surface area contributed by atoms with Crippen LogP contribution in [-0.2, 0) is 6.54 Å². The standard InChI is InChI=1S/C18H23N3O2S/c1-11(2)20-18(23)21-15-7-5-14(6-8-15)10-19-17(22)16-9-12(3)13(4)24-16/h5-9,11H,10H2,1-4H3,(H,19,22)(H2,20,21,23). The van der Waals surface area contributed by atoms with Crippen molar-refractivity contribution in [2.75, 3.05) is 5.32 Å². The third-order valence-corrected chi connectivity index (χ3v) is 4.63. The molecule has 24 heavy (non-hydrogen) atoms. The van der Waals surface area contributed by atoms with Crippen molar-refractivity contribution < 1.29 is 9.59 Å². The summed E-state index contributed by atoms with van der Waals surface area (Å²) in [7, 11) is 0. The molecule has 0 radical (unpaired) electrons. The molecule has 0 saturated carbocycles. The lowest BCUT2D eigenvalue weighted by Gasteiger charge is -2.10. The largest absolute Gasteiger partial charge is 0.347 e. The molecule has 128 valence electrons. The number of hydrogen-bond acceptors (Lipinski definition) is 3. The average molecular weight is 345 g/mol. The van der Waals surface area contributed by atoms with E-state index in [1.165, 1.54) is 11.3 Å². The molecule has 1 aromatic heterocycles. The predicted molar refractivity (Wildman–Crippen MR) is 98.7 cm³/mol. The van der Waals surface area contributed by atoms with Gasteiger partial charge in [0.15, 0.2) is 0 Å². The molecule has 0 aliphatic heterocycles. The molecular weight excluding hydrogens is 322 g/mol. The van der Waals surface area contributed by atoms with Crippen LogP contribution in [0.5, 0.6) is 0 Å². The van der Waals surface area contributed by atoms with Gasteiger partial charge in [0, 0.05) is 23.2 Å². The lowest BCUT2D eigenvalue weighted by atomic mass is 10.2. The molecule has 0 unspecified atom stereocenters. The van der Waals surface area contributed by atoms with Crippen LogP contribution in [0.2, 0.25) is 0 Å². The lowest BCUT2D eigenvalue weighted by molar-refractivity contribution is 0.0955. The maximum absolute atomic E-state index is 12.1. The second kappa shape index (κ2) is 7.97. The highest BCUT2D eigenvalue weighted by molar-refractivity contribution is 7.14. The zero-order valence-corrected chi connectivity index (χ0v) is 15.2. The van der Waals surface area contributed by atoms with Gasteiger partial charge in [-0.05, 0) is 57.0 Å². The van der Waals surface area contributed by atoms with Crippen LogP contribution in [0, 0.1) is 13.8 Å². The van der Waals surface area contributed by atoms with E-state index in [4.69, 9.17) is 0 Å². The summed E-state index contributed by atoms with van der Waals surface area (Å²) in [5.74, 6) is -0.0605. The van der Waals surface area contributed by atoms with E-state index >= 15 is 0 Å². The highest BCUT2D eigenvalue weighted by Crippen LogP contribution is 2.20. The Bertz CT molecular complexity index is 701. The maximum Gasteiger partial charge on any atom is 0.319 e. The van der Waals surface area contributed by atoms with Gasteiger partial charge < -0.3 is 16.0 Å². The van der Waals surface area contributed by atoms with E-state index in [0.29, 0.717) is 12.2 Å². The molecule has 0 aliphatic rings. The van der Waals surface area contributed by atoms with Crippen molar-refractivity contribution in [2.45, 2.75) is 40.3 Å². The average Bonchev–Trinajstić information content (AvgIpc) is 2.85. The van der Waals surface area contributed by atoms with Crippen LogP contribution < -0.4 is 16.0 Å². The number of amides is 3. The van der Waals surface area contributed by atoms with E-state index in [1.54, 1.807) is 0 Å². The normalized spacial score (nSPS) is 10.5. The SMILES string of the molecule is Cc1cc(C(=O)NCc2ccc(NC(=O)NC(C)C)cc2)sc1C. The first-order chi connectivity index (χ1) is 11.3. The molecule has 0 spiro atoms. The molecule has 0 saturated heterocycles. The molecule has 1 aromatic carbocycles. The number of carbonyl (C=O) groups excluding carboxylic acids is 2. The number of nitrogens with one attached hydrogen (secondary N) is 3. The van der Waals surface area contributed by atoms with Crippen LogP contribution in [0.15, 0.2) is 30.3 Å². The minimum Gasteiger partial charge on any atom is -0.347 e. The van der Waals surface area contributed by atoms with Gasteiger partial charge in [-0.2, -0.15) is 0 Å². The fourth-order valence-corrected chi connectivity index (χ4v) is 3.04. The molecular formula is C18H23N3O2S. The third kappa shape index (κ3) is 5.09. The maximum atomic E-state index is 12.1. The van der Waals surface area contributed by atoms with Gasteiger partial charge in [-0.25, -0.2) is 4.79 Å². The summed E-state index contributed by atoms with van der Waals surface area (Å²) in [4.78, 5) is 25.7. The van der Waals surface area contributed by atoms with Crippen molar-refractivity contribution in [1.29, 1.82) is 0 Å². The van der Waals surface area contributed by atoms with Crippen molar-refractivity contribution in [3.63, 3.8) is 0 Å². The second-order valence-electron chi connectivity index (χ2n) is 5.98. The third-order valence-electron chi connectivity index (χ3n) is 3.47. The highest BCUT2D eigenvalue weighted by atomic mass is 32.1. The Morgan fingerprint density at radius 2 is 1.79 bits per heavy atom. The summed E-state index contributed by atoms with van der Waals surface area (Å²) in [6, 6.07) is 9.18. The predicted octanol–water partition coefficient (Wildman–Crippen LogP) is 3.82. The Morgan fingerprint density at radius 3 is 2.33 bits per heavy atom. The van der Waals surface area contributed by atoms with Gasteiger partial charge in [-0.1, -0.05) is 12.1 Å². The Labute approximate surface area is 146 Å². The lowest BCUT2D eigenvalue weighted by Crippen LogP contribution is -2.34. The fraction of sp³-hybridized carbons (Fsp3) is 0.333. The summed E-state index contributed by atoms with van der Waals surface area (Å²) in [6.07, 6.45) is 0. The Balaban J connectivity index is 1.87. The summed E-state index contributed by atoms with van der Waals surface area (Å²) >= 11 is 1.51. The van der Waals surface area contributed by atoms with Gasteiger partial charge in [0.1, 0.15) is 0 Å². The topological polar surface area (TPSA) is 70.2 Å². The van der Waals surface area contributed by atoms with Crippen molar-refractivity contribution >= 4 is 29.0 Å². The first kappa shape index (κ1) is 18.0. The Kier molecular flexibility index (Phi) is 5.98. The number of anilines is 1. The van der Waals surface area contributed by atoms with Crippen molar-refractivity contribution in [1.82, 2.24) is 10.6 Å². The molecule has 0 fully saturated rings. The van der Waals surface area contributed by atoms with Crippen LogP contribution in [0.3, 0.4) is 0 Å². The molecule has 0 atom stereocenters. The minimum atomic E-state index is -0.227. The number of rotatable bonds is 5. The van der Waals surface area contributed by atoms with Gasteiger partial charge in [0.25, 0.3) is 5.91 Å². The molecule has 5 nitrogen and oxygen atoms in total. The van der Waals surface area contributed by atoms with Gasteiger partial charge in [0.2, 0.25) is 0 Å². The van der Waals surface area contributed by atoms with Crippen molar-refractivity contribution in [3.8, 4) is 0 Å². The fourth-order valence-electron chi connectivity index (χ4n) is 2.09. The molecule has 3 amide bonds. The first-order valence-electron chi connectivity index (χ1n) is 7.87. The van der Waals surface area contributed by atoms with Crippen LogP contribution in [0.25, 0.3) is 0 Å². The van der Waals surface area contributed by atoms with E-state index in [2.05, 4.69) is 16.0 Å². The molecule has 0 bridgehead atoms. The van der Waals surface area contributed by atoms with Crippen LogP contribution >= 0.6 is 11.3 Å². The van der Waals surface area contributed by atoms with Gasteiger partial charge in [-0.3, -0.25) is 4.79 Å². The van der Waals surface area contributed by atoms with E-state index in [0.717, 1.165) is 20.9 Å². The summed E-state index contributed by atoms with van der Waals surface area (Å²) in [5.41, 5.74) is 2.83. The summed E-state index contributed by atoms with van der Waals surface area (Å²) < 4.78 is 0. The van der Waals surface area contributed by atoms with E-state index in [1.807, 2.05) is 58.0 Å². The summed E-state index contributed by atoms with van der Waals surface area (Å²) in [5, 5.41) is 8.44. The number of aryl methyl sites for hydroxylation is 2. The van der Waals surface area contributed by atoms with Gasteiger partial charge in [0.05, 0.1) is 4.88 Å². The number of carbonyl (C=O) groups is 2. The summed E-state index contributed by atoms with van der Waals surface area (Å²) in [6.45, 7) is 8.28. The van der Waals surface area contributed by atoms with Crippen LogP contribution in [0.4, 0.5) is 10.5 Å². The highest BCUT2D eigenvalue weighted by Gasteiger charge is 2.10. The Hall–Kier alpha value is -2.34. The number of thiophene rings is 1. The van der Waals surface area contributed by atoms with Gasteiger partial charge in [-0.15, -0.1) is 11.3 Å². The zero-order chi connectivity index (χ0) is 17.7. The monoisotopic (exact) mass is 345 g/mol. The van der Waals surface area contributed by atoms with Crippen molar-refractivity contribution in [3.05, 3.63) is 51.2 Å². The quantitative estimate of drug-likeness (QED) is 0.771. The Morgan fingerprint density at radius 1 is 1.12 bits per heavy atom. The molecule has 3 N–H and O–H groups in total. The first-order valence-corrected chi connectivity index (χ1v) is 8.68.